The van der Waals surface area contributed by atoms with Crippen molar-refractivity contribution in [2.75, 3.05) is 13.1 Å². The van der Waals surface area contributed by atoms with E-state index in [9.17, 15) is 19.5 Å². The fraction of sp³-hybridized carbons (Fsp3) is 0.192. The van der Waals surface area contributed by atoms with Crippen LogP contribution in [0.5, 0.6) is 0 Å². The molecule has 0 spiro atoms. The number of rotatable bonds is 7. The Morgan fingerprint density at radius 1 is 1.03 bits per heavy atom. The number of carboxylic acid groups (broad SMARTS) is 1. The molecule has 1 aliphatic heterocycles. The Morgan fingerprint density at radius 3 is 2.31 bits per heavy atom. The second-order valence-corrected chi connectivity index (χ2v) is 9.83. The molecule has 2 aromatic carbocycles. The molecule has 0 unspecified atom stereocenters. The highest BCUT2D eigenvalue weighted by atomic mass is 35.5. The summed E-state index contributed by atoms with van der Waals surface area (Å²) < 4.78 is 0. The van der Waals surface area contributed by atoms with E-state index in [1.54, 1.807) is 6.07 Å². The first-order chi connectivity index (χ1) is 16.8. The molecule has 0 fully saturated rings. The van der Waals surface area contributed by atoms with Gasteiger partial charge in [0.25, 0.3) is 11.8 Å². The zero-order valence-electron chi connectivity index (χ0n) is 18.5. The van der Waals surface area contributed by atoms with E-state index in [1.807, 2.05) is 46.7 Å². The second-order valence-electron chi connectivity index (χ2n) is 8.07. The number of aliphatic carboxylic acids is 1. The lowest BCUT2D eigenvalue weighted by atomic mass is 9.96. The van der Waals surface area contributed by atoms with Crippen molar-refractivity contribution < 1.29 is 19.5 Å². The van der Waals surface area contributed by atoms with Crippen LogP contribution in [0.4, 0.5) is 0 Å². The molecule has 1 aromatic heterocycles. The lowest BCUT2D eigenvalue weighted by molar-refractivity contribution is -0.139. The Morgan fingerprint density at radius 2 is 1.74 bits per heavy atom. The van der Waals surface area contributed by atoms with E-state index in [0.717, 1.165) is 28.0 Å². The minimum atomic E-state index is -1.16. The van der Waals surface area contributed by atoms with Crippen molar-refractivity contribution in [3.8, 4) is 0 Å². The van der Waals surface area contributed by atoms with Crippen LogP contribution >= 0.6 is 34.5 Å². The number of carbonyl (C=O) groups is 3. The van der Waals surface area contributed by atoms with Crippen molar-refractivity contribution in [3.63, 3.8) is 0 Å². The van der Waals surface area contributed by atoms with E-state index in [0.29, 0.717) is 13.1 Å². The van der Waals surface area contributed by atoms with Crippen LogP contribution < -0.4 is 5.32 Å². The summed E-state index contributed by atoms with van der Waals surface area (Å²) in [6.07, 6.45) is 2.89. The zero-order chi connectivity index (χ0) is 24.9. The average molecular weight is 529 g/mol. The SMILES string of the molecule is O=C(N[C@@H](Cc1ccc(C2=CCN(C(=O)c3cccs3)CC2)cc1)C(=O)O)c1c(Cl)cccc1Cl. The van der Waals surface area contributed by atoms with Crippen LogP contribution in [-0.4, -0.2) is 46.9 Å². The van der Waals surface area contributed by atoms with Gasteiger partial charge in [0.15, 0.2) is 0 Å². The molecular weight excluding hydrogens is 507 g/mol. The standard InChI is InChI=1S/C26H22Cl2N2O4S/c27-19-3-1-4-20(28)23(19)24(31)29-21(26(33)34)15-16-6-8-17(9-7-16)18-10-12-30(13-11-18)25(32)22-5-2-14-35-22/h1-10,14,21H,11-13,15H2,(H,29,31)(H,33,34)/t21-/m0/s1. The van der Waals surface area contributed by atoms with Gasteiger partial charge in [0, 0.05) is 19.5 Å². The molecule has 0 saturated carbocycles. The fourth-order valence-corrected chi connectivity index (χ4v) is 5.17. The molecule has 35 heavy (non-hydrogen) atoms. The van der Waals surface area contributed by atoms with Crippen LogP contribution in [0.15, 0.2) is 66.1 Å². The molecule has 180 valence electrons. The number of halogens is 2. The quantitative estimate of drug-likeness (QED) is 0.429. The maximum Gasteiger partial charge on any atom is 0.326 e. The Kier molecular flexibility index (Phi) is 7.90. The summed E-state index contributed by atoms with van der Waals surface area (Å²) >= 11 is 13.6. The van der Waals surface area contributed by atoms with Gasteiger partial charge in [-0.3, -0.25) is 9.59 Å². The van der Waals surface area contributed by atoms with E-state index >= 15 is 0 Å². The summed E-state index contributed by atoms with van der Waals surface area (Å²) in [6, 6.07) is 14.8. The third kappa shape index (κ3) is 5.93. The van der Waals surface area contributed by atoms with Crippen LogP contribution in [0.25, 0.3) is 5.57 Å². The van der Waals surface area contributed by atoms with E-state index in [4.69, 9.17) is 23.2 Å². The molecule has 6 nitrogen and oxygen atoms in total. The van der Waals surface area contributed by atoms with Crippen LogP contribution in [0.1, 0.15) is 37.6 Å². The number of hydrogen-bond donors (Lipinski definition) is 2. The lowest BCUT2D eigenvalue weighted by Gasteiger charge is -2.26. The summed E-state index contributed by atoms with van der Waals surface area (Å²) in [7, 11) is 0. The number of nitrogens with zero attached hydrogens (tertiary/aromatic N) is 1. The van der Waals surface area contributed by atoms with Gasteiger partial charge in [-0.15, -0.1) is 11.3 Å². The smallest absolute Gasteiger partial charge is 0.326 e. The Bertz CT molecular complexity index is 1250. The first kappa shape index (κ1) is 25.0. The molecular formula is C26H22Cl2N2O4S. The van der Waals surface area contributed by atoms with Crippen molar-refractivity contribution >= 4 is 57.9 Å². The van der Waals surface area contributed by atoms with Gasteiger partial charge < -0.3 is 15.3 Å². The normalized spacial score (nSPS) is 14.2. The van der Waals surface area contributed by atoms with Crippen molar-refractivity contribution in [2.45, 2.75) is 18.9 Å². The highest BCUT2D eigenvalue weighted by Crippen LogP contribution is 2.26. The lowest BCUT2D eigenvalue weighted by Crippen LogP contribution is -2.42. The van der Waals surface area contributed by atoms with Crippen molar-refractivity contribution in [1.82, 2.24) is 10.2 Å². The molecule has 0 aliphatic carbocycles. The number of nitrogens with one attached hydrogen (secondary N) is 1. The minimum Gasteiger partial charge on any atom is -0.480 e. The van der Waals surface area contributed by atoms with Gasteiger partial charge in [-0.2, -0.15) is 0 Å². The maximum atomic E-state index is 12.6. The number of benzene rings is 2. The van der Waals surface area contributed by atoms with Crippen LogP contribution in [-0.2, 0) is 11.2 Å². The summed E-state index contributed by atoms with van der Waals surface area (Å²) in [6.45, 7) is 1.19. The molecule has 0 radical (unpaired) electrons. The molecule has 4 rings (SSSR count). The van der Waals surface area contributed by atoms with Crippen molar-refractivity contribution in [1.29, 1.82) is 0 Å². The summed E-state index contributed by atoms with van der Waals surface area (Å²) in [5, 5.41) is 14.4. The van der Waals surface area contributed by atoms with Crippen LogP contribution in [0.3, 0.4) is 0 Å². The third-order valence-electron chi connectivity index (χ3n) is 5.79. The Hall–Kier alpha value is -3.13. The summed E-state index contributed by atoms with van der Waals surface area (Å²) in [5.41, 5.74) is 2.98. The van der Waals surface area contributed by atoms with Gasteiger partial charge >= 0.3 is 5.97 Å². The number of amides is 2. The molecule has 0 bridgehead atoms. The molecule has 1 atom stereocenters. The highest BCUT2D eigenvalue weighted by Gasteiger charge is 2.24. The van der Waals surface area contributed by atoms with E-state index in [1.165, 1.54) is 23.5 Å². The van der Waals surface area contributed by atoms with Crippen LogP contribution in [0, 0.1) is 0 Å². The van der Waals surface area contributed by atoms with Crippen molar-refractivity contribution in [3.05, 3.63) is 97.7 Å². The molecule has 3 aromatic rings. The van der Waals surface area contributed by atoms with Crippen LogP contribution in [0.2, 0.25) is 10.0 Å². The van der Waals surface area contributed by atoms with Gasteiger partial charge in [0.2, 0.25) is 0 Å². The highest BCUT2D eigenvalue weighted by molar-refractivity contribution is 7.12. The summed E-state index contributed by atoms with van der Waals surface area (Å²) in [4.78, 5) is 39.5. The number of thiophene rings is 1. The Balaban J connectivity index is 1.40. The third-order valence-corrected chi connectivity index (χ3v) is 7.27. The average Bonchev–Trinajstić information content (AvgIpc) is 3.39. The zero-order valence-corrected chi connectivity index (χ0v) is 20.9. The van der Waals surface area contributed by atoms with E-state index in [2.05, 4.69) is 11.4 Å². The predicted molar refractivity (Wildman–Crippen MR) is 138 cm³/mol. The minimum absolute atomic E-state index is 0.0467. The first-order valence-electron chi connectivity index (χ1n) is 10.9. The molecule has 0 saturated heterocycles. The van der Waals surface area contributed by atoms with Crippen molar-refractivity contribution in [2.24, 2.45) is 0 Å². The molecule has 2 amide bonds. The number of carboxylic acids is 1. The molecule has 1 aliphatic rings. The maximum absolute atomic E-state index is 12.6. The summed E-state index contributed by atoms with van der Waals surface area (Å²) in [5.74, 6) is -1.75. The van der Waals surface area contributed by atoms with E-state index < -0.39 is 17.9 Å². The van der Waals surface area contributed by atoms with Gasteiger partial charge in [0.1, 0.15) is 6.04 Å². The first-order valence-corrected chi connectivity index (χ1v) is 12.6. The number of carbonyl (C=O) groups excluding carboxylic acids is 2. The monoisotopic (exact) mass is 528 g/mol. The fourth-order valence-electron chi connectivity index (χ4n) is 3.91. The van der Waals surface area contributed by atoms with Gasteiger partial charge in [-0.05, 0) is 46.7 Å². The van der Waals surface area contributed by atoms with Gasteiger partial charge in [-0.1, -0.05) is 65.7 Å². The topological polar surface area (TPSA) is 86.7 Å². The van der Waals surface area contributed by atoms with E-state index in [-0.39, 0.29) is 27.9 Å². The number of hydrogen-bond acceptors (Lipinski definition) is 4. The molecule has 2 N–H and O–H groups in total. The largest absolute Gasteiger partial charge is 0.480 e. The van der Waals surface area contributed by atoms with Gasteiger partial charge in [0.05, 0.1) is 20.5 Å². The molecule has 9 heteroatoms. The van der Waals surface area contributed by atoms with Gasteiger partial charge in [-0.25, -0.2) is 4.79 Å². The predicted octanol–water partition coefficient (Wildman–Crippen LogP) is 5.41. The molecule has 2 heterocycles. The Labute approximate surface area is 216 Å². The second kappa shape index (κ2) is 11.1.